The number of aromatic nitrogens is 1. The summed E-state index contributed by atoms with van der Waals surface area (Å²) in [6.07, 6.45) is 1.96. The molecule has 1 aliphatic rings. The van der Waals surface area contributed by atoms with Gasteiger partial charge in [0.05, 0.1) is 13.2 Å². The molecule has 2 heterocycles. The van der Waals surface area contributed by atoms with Crippen LogP contribution in [0.4, 0.5) is 0 Å². The van der Waals surface area contributed by atoms with Crippen molar-refractivity contribution in [1.29, 1.82) is 0 Å². The monoisotopic (exact) mass is 192 g/mol. The van der Waals surface area contributed by atoms with E-state index in [1.165, 1.54) is 5.56 Å². The molecule has 3 nitrogen and oxygen atoms in total. The van der Waals surface area contributed by atoms with Crippen LogP contribution in [0, 0.1) is 6.92 Å². The van der Waals surface area contributed by atoms with Crippen molar-refractivity contribution in [3.05, 3.63) is 29.6 Å². The van der Waals surface area contributed by atoms with Gasteiger partial charge >= 0.3 is 0 Å². The van der Waals surface area contributed by atoms with Crippen LogP contribution in [0.5, 0.6) is 0 Å². The van der Waals surface area contributed by atoms with Crippen molar-refractivity contribution >= 4 is 0 Å². The van der Waals surface area contributed by atoms with Crippen molar-refractivity contribution in [2.75, 3.05) is 26.3 Å². The van der Waals surface area contributed by atoms with Crippen molar-refractivity contribution < 1.29 is 4.74 Å². The van der Waals surface area contributed by atoms with E-state index in [0.717, 1.165) is 38.5 Å². The summed E-state index contributed by atoms with van der Waals surface area (Å²) in [7, 11) is 0. The average Bonchev–Trinajstić information content (AvgIpc) is 2.23. The molecule has 0 saturated carbocycles. The second kappa shape index (κ2) is 4.53. The van der Waals surface area contributed by atoms with Gasteiger partial charge in [-0.25, -0.2) is 0 Å². The Hall–Kier alpha value is -0.930. The molecule has 0 N–H and O–H groups in total. The van der Waals surface area contributed by atoms with E-state index in [1.807, 2.05) is 13.1 Å². The quantitative estimate of drug-likeness (QED) is 0.704. The van der Waals surface area contributed by atoms with Crippen LogP contribution in [0.15, 0.2) is 18.3 Å². The maximum Gasteiger partial charge on any atom is 0.0594 e. The first-order chi connectivity index (χ1) is 6.84. The Morgan fingerprint density at radius 1 is 1.36 bits per heavy atom. The second-order valence-electron chi connectivity index (χ2n) is 3.70. The molecular weight excluding hydrogens is 176 g/mol. The predicted molar refractivity (Wildman–Crippen MR) is 55.1 cm³/mol. The molecule has 1 aromatic rings. The standard InChI is InChI=1S/C11H16N2O/c1-10-2-3-11(8-12-10)9-13-4-6-14-7-5-13/h2-3,8H,4-7,9H2,1H3. The van der Waals surface area contributed by atoms with Gasteiger partial charge in [0.2, 0.25) is 0 Å². The van der Waals surface area contributed by atoms with Gasteiger partial charge in [0, 0.05) is 31.5 Å². The van der Waals surface area contributed by atoms with Crippen LogP contribution in [-0.2, 0) is 11.3 Å². The van der Waals surface area contributed by atoms with Crippen LogP contribution in [0.2, 0.25) is 0 Å². The molecular formula is C11H16N2O. The maximum absolute atomic E-state index is 5.30. The minimum absolute atomic E-state index is 0.860. The first-order valence-electron chi connectivity index (χ1n) is 5.06. The molecule has 76 valence electrons. The normalized spacial score (nSPS) is 18.4. The molecule has 1 fully saturated rings. The number of hydrogen-bond acceptors (Lipinski definition) is 3. The highest BCUT2D eigenvalue weighted by molar-refractivity contribution is 5.12. The van der Waals surface area contributed by atoms with Crippen LogP contribution in [0.25, 0.3) is 0 Å². The Bertz CT molecular complexity index is 278. The third-order valence-corrected chi connectivity index (χ3v) is 2.48. The van der Waals surface area contributed by atoms with Crippen LogP contribution in [-0.4, -0.2) is 36.2 Å². The summed E-state index contributed by atoms with van der Waals surface area (Å²) in [6, 6.07) is 4.22. The van der Waals surface area contributed by atoms with Gasteiger partial charge in [0.25, 0.3) is 0 Å². The molecule has 2 rings (SSSR count). The number of pyridine rings is 1. The van der Waals surface area contributed by atoms with Crippen LogP contribution in [0.1, 0.15) is 11.3 Å². The van der Waals surface area contributed by atoms with E-state index in [-0.39, 0.29) is 0 Å². The number of ether oxygens (including phenoxy) is 1. The molecule has 0 bridgehead atoms. The second-order valence-corrected chi connectivity index (χ2v) is 3.70. The molecule has 3 heteroatoms. The summed E-state index contributed by atoms with van der Waals surface area (Å²) in [6.45, 7) is 6.80. The topological polar surface area (TPSA) is 25.4 Å². The smallest absolute Gasteiger partial charge is 0.0594 e. The van der Waals surface area contributed by atoms with E-state index in [1.54, 1.807) is 0 Å². The lowest BCUT2D eigenvalue weighted by Crippen LogP contribution is -2.35. The Morgan fingerprint density at radius 3 is 2.79 bits per heavy atom. The first kappa shape index (κ1) is 9.62. The molecule has 0 amide bonds. The summed E-state index contributed by atoms with van der Waals surface area (Å²) >= 11 is 0. The van der Waals surface area contributed by atoms with Gasteiger partial charge in [0.1, 0.15) is 0 Å². The maximum atomic E-state index is 5.30. The van der Waals surface area contributed by atoms with Gasteiger partial charge in [-0.15, -0.1) is 0 Å². The highest BCUT2D eigenvalue weighted by atomic mass is 16.5. The van der Waals surface area contributed by atoms with Crippen molar-refractivity contribution in [1.82, 2.24) is 9.88 Å². The fourth-order valence-corrected chi connectivity index (χ4v) is 1.61. The molecule has 0 spiro atoms. The number of morpholine rings is 1. The zero-order valence-electron chi connectivity index (χ0n) is 8.57. The molecule has 1 saturated heterocycles. The highest BCUT2D eigenvalue weighted by Crippen LogP contribution is 2.06. The third-order valence-electron chi connectivity index (χ3n) is 2.48. The summed E-state index contributed by atoms with van der Waals surface area (Å²) in [5, 5.41) is 0. The molecule has 0 aliphatic carbocycles. The molecule has 0 atom stereocenters. The SMILES string of the molecule is Cc1ccc(CN2CCOCC2)cn1. The van der Waals surface area contributed by atoms with Gasteiger partial charge in [-0.3, -0.25) is 9.88 Å². The van der Waals surface area contributed by atoms with E-state index < -0.39 is 0 Å². The van der Waals surface area contributed by atoms with Gasteiger partial charge < -0.3 is 4.74 Å². The molecule has 0 aromatic carbocycles. The fraction of sp³-hybridized carbons (Fsp3) is 0.545. The van der Waals surface area contributed by atoms with Crippen molar-refractivity contribution in [3.8, 4) is 0 Å². The van der Waals surface area contributed by atoms with Crippen molar-refractivity contribution in [3.63, 3.8) is 0 Å². The minimum atomic E-state index is 0.860. The summed E-state index contributed by atoms with van der Waals surface area (Å²) in [5.41, 5.74) is 2.37. The largest absolute Gasteiger partial charge is 0.379 e. The third kappa shape index (κ3) is 2.53. The molecule has 0 radical (unpaired) electrons. The fourth-order valence-electron chi connectivity index (χ4n) is 1.61. The Kier molecular flexibility index (Phi) is 3.11. The first-order valence-corrected chi connectivity index (χ1v) is 5.06. The number of hydrogen-bond donors (Lipinski definition) is 0. The summed E-state index contributed by atoms with van der Waals surface area (Å²) < 4.78 is 5.30. The molecule has 1 aliphatic heterocycles. The zero-order chi connectivity index (χ0) is 9.80. The van der Waals surface area contributed by atoms with E-state index in [2.05, 4.69) is 22.0 Å². The van der Waals surface area contributed by atoms with Crippen LogP contribution >= 0.6 is 0 Å². The lowest BCUT2D eigenvalue weighted by molar-refractivity contribution is 0.0341. The number of aryl methyl sites for hydroxylation is 1. The summed E-state index contributed by atoms with van der Waals surface area (Å²) in [4.78, 5) is 6.69. The highest BCUT2D eigenvalue weighted by Gasteiger charge is 2.10. The molecule has 14 heavy (non-hydrogen) atoms. The van der Waals surface area contributed by atoms with Crippen molar-refractivity contribution in [2.24, 2.45) is 0 Å². The van der Waals surface area contributed by atoms with Gasteiger partial charge in [-0.1, -0.05) is 6.07 Å². The Balaban J connectivity index is 1.92. The van der Waals surface area contributed by atoms with Crippen LogP contribution < -0.4 is 0 Å². The van der Waals surface area contributed by atoms with Crippen molar-refractivity contribution in [2.45, 2.75) is 13.5 Å². The van der Waals surface area contributed by atoms with Gasteiger partial charge in [-0.2, -0.15) is 0 Å². The molecule has 0 unspecified atom stereocenters. The predicted octanol–water partition coefficient (Wildman–Crippen LogP) is 1.22. The Morgan fingerprint density at radius 2 is 2.14 bits per heavy atom. The lowest BCUT2D eigenvalue weighted by atomic mass is 10.2. The number of nitrogens with zero attached hydrogens (tertiary/aromatic N) is 2. The van der Waals surface area contributed by atoms with Crippen LogP contribution in [0.3, 0.4) is 0 Å². The van der Waals surface area contributed by atoms with E-state index in [4.69, 9.17) is 4.74 Å². The van der Waals surface area contributed by atoms with Gasteiger partial charge in [0.15, 0.2) is 0 Å². The Labute approximate surface area is 84.7 Å². The van der Waals surface area contributed by atoms with E-state index in [9.17, 15) is 0 Å². The van der Waals surface area contributed by atoms with E-state index >= 15 is 0 Å². The zero-order valence-corrected chi connectivity index (χ0v) is 8.57. The minimum Gasteiger partial charge on any atom is -0.379 e. The number of rotatable bonds is 2. The lowest BCUT2D eigenvalue weighted by Gasteiger charge is -2.26. The van der Waals surface area contributed by atoms with Gasteiger partial charge in [-0.05, 0) is 18.6 Å². The van der Waals surface area contributed by atoms with E-state index in [0.29, 0.717) is 0 Å². The molecule has 1 aromatic heterocycles. The summed E-state index contributed by atoms with van der Waals surface area (Å²) in [5.74, 6) is 0. The average molecular weight is 192 g/mol.